The summed E-state index contributed by atoms with van der Waals surface area (Å²) in [4.78, 5) is 46.7. The molecule has 0 bridgehead atoms. The van der Waals surface area contributed by atoms with Gasteiger partial charge in [-0.25, -0.2) is 14.4 Å². The predicted molar refractivity (Wildman–Crippen MR) is 127 cm³/mol. The first-order valence-electron chi connectivity index (χ1n) is 11.1. The van der Waals surface area contributed by atoms with E-state index in [1.54, 1.807) is 18.2 Å². The molecular formula is C27H24ClFN2O3. The van der Waals surface area contributed by atoms with Crippen molar-refractivity contribution in [1.29, 1.82) is 0 Å². The van der Waals surface area contributed by atoms with Crippen molar-refractivity contribution in [2.75, 3.05) is 0 Å². The highest BCUT2D eigenvalue weighted by Crippen LogP contribution is 2.38. The number of carbonyl (C=O) groups excluding carboxylic acids is 3. The van der Waals surface area contributed by atoms with Crippen LogP contribution in [0.3, 0.4) is 0 Å². The standard InChI is InChI=1S/C27H24ClFN2O3/c1-15-8-19(27-30-13-21(29)14-31-27)9-16(2)24(15)25-23(33)12-18(26(25)34)11-22(32)7-6-17-4-3-5-20(28)10-17/h3-5,8-10,13-14,18,25H,6-7,11-12H2,1-2H3. The van der Waals surface area contributed by atoms with E-state index in [4.69, 9.17) is 11.6 Å². The van der Waals surface area contributed by atoms with Crippen LogP contribution in [0, 0.1) is 25.6 Å². The molecule has 1 aromatic heterocycles. The molecule has 4 rings (SSSR count). The lowest BCUT2D eigenvalue weighted by atomic mass is 9.85. The van der Waals surface area contributed by atoms with Gasteiger partial charge in [-0.05, 0) is 66.8 Å². The van der Waals surface area contributed by atoms with Gasteiger partial charge in [0.05, 0.1) is 12.4 Å². The van der Waals surface area contributed by atoms with Gasteiger partial charge in [-0.2, -0.15) is 0 Å². The third kappa shape index (κ3) is 5.12. The zero-order chi connectivity index (χ0) is 24.4. The average Bonchev–Trinajstić information content (AvgIpc) is 3.05. The van der Waals surface area contributed by atoms with E-state index >= 15 is 0 Å². The van der Waals surface area contributed by atoms with Crippen LogP contribution in [0.4, 0.5) is 4.39 Å². The fourth-order valence-corrected chi connectivity index (χ4v) is 4.92. The number of aromatic nitrogens is 2. The van der Waals surface area contributed by atoms with Gasteiger partial charge in [-0.15, -0.1) is 0 Å². The van der Waals surface area contributed by atoms with Gasteiger partial charge in [0.15, 0.2) is 17.4 Å². The molecule has 5 nitrogen and oxygen atoms in total. The number of nitrogens with zero attached hydrogens (tertiary/aromatic N) is 2. The molecule has 1 heterocycles. The van der Waals surface area contributed by atoms with Gasteiger partial charge in [-0.3, -0.25) is 14.4 Å². The maximum atomic E-state index is 13.2. The van der Waals surface area contributed by atoms with Gasteiger partial charge in [-0.1, -0.05) is 23.7 Å². The van der Waals surface area contributed by atoms with Gasteiger partial charge in [0.2, 0.25) is 0 Å². The smallest absolute Gasteiger partial charge is 0.159 e. The topological polar surface area (TPSA) is 77.0 Å². The van der Waals surface area contributed by atoms with Crippen molar-refractivity contribution in [1.82, 2.24) is 9.97 Å². The molecule has 3 aromatic rings. The van der Waals surface area contributed by atoms with Crippen LogP contribution in [0.25, 0.3) is 11.4 Å². The van der Waals surface area contributed by atoms with Crippen molar-refractivity contribution < 1.29 is 18.8 Å². The van der Waals surface area contributed by atoms with Gasteiger partial charge < -0.3 is 0 Å². The average molecular weight is 479 g/mol. The minimum Gasteiger partial charge on any atom is -0.300 e. The van der Waals surface area contributed by atoms with Crippen molar-refractivity contribution >= 4 is 29.0 Å². The van der Waals surface area contributed by atoms with Crippen molar-refractivity contribution in [2.45, 2.75) is 45.4 Å². The predicted octanol–water partition coefficient (Wildman–Crippen LogP) is 5.39. The molecule has 0 saturated heterocycles. The van der Waals surface area contributed by atoms with Crippen molar-refractivity contribution in [3.8, 4) is 11.4 Å². The Hall–Kier alpha value is -3.25. The second kappa shape index (κ2) is 9.94. The molecule has 2 atom stereocenters. The quantitative estimate of drug-likeness (QED) is 0.426. The first kappa shape index (κ1) is 23.9. The minimum absolute atomic E-state index is 0.0379. The number of ketones is 3. The van der Waals surface area contributed by atoms with Crippen LogP contribution >= 0.6 is 11.6 Å². The monoisotopic (exact) mass is 478 g/mol. The fraction of sp³-hybridized carbons (Fsp3) is 0.296. The molecule has 1 aliphatic rings. The SMILES string of the molecule is Cc1cc(-c2ncc(F)cn2)cc(C)c1C1C(=O)CC(CC(=O)CCc2cccc(Cl)c2)C1=O. The summed E-state index contributed by atoms with van der Waals surface area (Å²) in [6.45, 7) is 3.67. The van der Waals surface area contributed by atoms with Gasteiger partial charge in [0.25, 0.3) is 0 Å². The molecule has 0 amide bonds. The van der Waals surface area contributed by atoms with E-state index in [9.17, 15) is 18.8 Å². The molecule has 0 aliphatic heterocycles. The summed E-state index contributed by atoms with van der Waals surface area (Å²) in [5.41, 5.74) is 3.85. The van der Waals surface area contributed by atoms with E-state index in [0.29, 0.717) is 34.8 Å². The molecule has 2 aromatic carbocycles. The number of Topliss-reactive ketones (excluding diaryl/α,β-unsaturated/α-hetero) is 3. The Morgan fingerprint density at radius 3 is 2.41 bits per heavy atom. The first-order valence-corrected chi connectivity index (χ1v) is 11.5. The van der Waals surface area contributed by atoms with Gasteiger partial charge in [0, 0.05) is 35.8 Å². The third-order valence-corrected chi connectivity index (χ3v) is 6.51. The molecule has 1 aliphatic carbocycles. The summed E-state index contributed by atoms with van der Waals surface area (Å²) in [6.07, 6.45) is 3.18. The van der Waals surface area contributed by atoms with Crippen LogP contribution in [0.15, 0.2) is 48.8 Å². The number of benzene rings is 2. The highest BCUT2D eigenvalue weighted by atomic mass is 35.5. The summed E-state index contributed by atoms with van der Waals surface area (Å²) in [5, 5.41) is 0.618. The second-order valence-electron chi connectivity index (χ2n) is 8.82. The molecular weight excluding hydrogens is 455 g/mol. The summed E-state index contributed by atoms with van der Waals surface area (Å²) in [5.74, 6) is -2.01. The Morgan fingerprint density at radius 2 is 1.76 bits per heavy atom. The van der Waals surface area contributed by atoms with Crippen molar-refractivity contribution in [3.05, 3.63) is 81.9 Å². The van der Waals surface area contributed by atoms with E-state index in [2.05, 4.69) is 9.97 Å². The minimum atomic E-state index is -0.867. The van der Waals surface area contributed by atoms with Crippen LogP contribution in [0.5, 0.6) is 0 Å². The zero-order valence-electron chi connectivity index (χ0n) is 19.0. The van der Waals surface area contributed by atoms with Crippen LogP contribution < -0.4 is 0 Å². The molecule has 0 N–H and O–H groups in total. The van der Waals surface area contributed by atoms with Crippen LogP contribution in [0.1, 0.15) is 47.4 Å². The summed E-state index contributed by atoms with van der Waals surface area (Å²) in [6, 6.07) is 11.0. The molecule has 1 saturated carbocycles. The Labute approximate surface area is 202 Å². The summed E-state index contributed by atoms with van der Waals surface area (Å²) < 4.78 is 13.2. The lowest BCUT2D eigenvalue weighted by Gasteiger charge is -2.17. The lowest BCUT2D eigenvalue weighted by Crippen LogP contribution is -2.19. The molecule has 1 fully saturated rings. The lowest BCUT2D eigenvalue weighted by molar-refractivity contribution is -0.127. The number of hydrogen-bond acceptors (Lipinski definition) is 5. The molecule has 34 heavy (non-hydrogen) atoms. The second-order valence-corrected chi connectivity index (χ2v) is 9.26. The molecule has 0 spiro atoms. The van der Waals surface area contributed by atoms with Crippen LogP contribution in [-0.2, 0) is 20.8 Å². The largest absolute Gasteiger partial charge is 0.300 e. The van der Waals surface area contributed by atoms with Crippen LogP contribution in [-0.4, -0.2) is 27.3 Å². The van der Waals surface area contributed by atoms with E-state index < -0.39 is 17.7 Å². The summed E-state index contributed by atoms with van der Waals surface area (Å²) >= 11 is 5.99. The normalized spacial score (nSPS) is 17.9. The first-order chi connectivity index (χ1) is 16.2. The molecule has 0 radical (unpaired) electrons. The molecule has 7 heteroatoms. The van der Waals surface area contributed by atoms with Crippen molar-refractivity contribution in [3.63, 3.8) is 0 Å². The Kier molecular flexibility index (Phi) is 6.98. The Bertz CT molecular complexity index is 1250. The number of halogens is 2. The van der Waals surface area contributed by atoms with Crippen molar-refractivity contribution in [2.24, 2.45) is 5.92 Å². The van der Waals surface area contributed by atoms with Gasteiger partial charge in [0.1, 0.15) is 17.5 Å². The number of aryl methyl sites for hydroxylation is 3. The highest BCUT2D eigenvalue weighted by Gasteiger charge is 2.43. The Morgan fingerprint density at radius 1 is 1.09 bits per heavy atom. The van der Waals surface area contributed by atoms with E-state index in [-0.39, 0.29) is 30.2 Å². The number of carbonyl (C=O) groups is 3. The van der Waals surface area contributed by atoms with E-state index in [1.807, 2.05) is 32.0 Å². The molecule has 2 unspecified atom stereocenters. The fourth-order valence-electron chi connectivity index (χ4n) is 4.71. The third-order valence-electron chi connectivity index (χ3n) is 6.27. The van der Waals surface area contributed by atoms with E-state index in [0.717, 1.165) is 29.1 Å². The summed E-state index contributed by atoms with van der Waals surface area (Å²) in [7, 11) is 0. The number of hydrogen-bond donors (Lipinski definition) is 0. The maximum absolute atomic E-state index is 13.2. The number of rotatable bonds is 7. The highest BCUT2D eigenvalue weighted by molar-refractivity contribution is 6.30. The maximum Gasteiger partial charge on any atom is 0.159 e. The Balaban J connectivity index is 1.48. The molecule has 174 valence electrons. The van der Waals surface area contributed by atoms with Gasteiger partial charge >= 0.3 is 0 Å². The van der Waals surface area contributed by atoms with Crippen LogP contribution in [0.2, 0.25) is 5.02 Å². The zero-order valence-corrected chi connectivity index (χ0v) is 19.7. The van der Waals surface area contributed by atoms with E-state index in [1.165, 1.54) is 0 Å².